The van der Waals surface area contributed by atoms with Gasteiger partial charge in [0.1, 0.15) is 42.7 Å². The normalized spacial score (nSPS) is 40.6. The van der Waals surface area contributed by atoms with Gasteiger partial charge in [-0.15, -0.1) is 0 Å². The third-order valence-corrected chi connectivity index (χ3v) is 5.90. The minimum atomic E-state index is -1.38. The second-order valence-corrected chi connectivity index (χ2v) is 10.6. The molecule has 0 spiro atoms. The van der Waals surface area contributed by atoms with Crippen molar-refractivity contribution in [3.63, 3.8) is 0 Å². The van der Waals surface area contributed by atoms with E-state index >= 15 is 0 Å². The Morgan fingerprint density at radius 3 is 1.84 bits per heavy atom. The highest BCUT2D eigenvalue weighted by atomic mass is 32.1. The zero-order valence-electron chi connectivity index (χ0n) is 19.0. The third kappa shape index (κ3) is 6.32. The van der Waals surface area contributed by atoms with E-state index in [0.29, 0.717) is 9.98 Å². The number of thiocarbonyl (C=S) groups is 2. The van der Waals surface area contributed by atoms with E-state index in [1.54, 1.807) is 13.8 Å². The Morgan fingerprint density at radius 1 is 0.844 bits per heavy atom. The van der Waals surface area contributed by atoms with Crippen molar-refractivity contribution < 1.29 is 39.7 Å². The highest BCUT2D eigenvalue weighted by molar-refractivity contribution is 7.80. The van der Waals surface area contributed by atoms with Gasteiger partial charge in [0.25, 0.3) is 0 Å². The fourth-order valence-electron chi connectivity index (χ4n) is 4.15. The van der Waals surface area contributed by atoms with Crippen LogP contribution in [0.4, 0.5) is 0 Å². The molecule has 0 amide bonds. The minimum absolute atomic E-state index is 0.323. The van der Waals surface area contributed by atoms with E-state index in [0.717, 1.165) is 0 Å². The Balaban J connectivity index is 2.35. The molecule has 2 aliphatic rings. The van der Waals surface area contributed by atoms with Crippen molar-refractivity contribution in [3.8, 4) is 0 Å². The molecule has 0 aromatic heterocycles. The molecular weight excluding hydrogens is 460 g/mol. The van der Waals surface area contributed by atoms with Crippen molar-refractivity contribution in [2.45, 2.75) is 95.7 Å². The van der Waals surface area contributed by atoms with E-state index in [4.69, 9.17) is 38.6 Å². The Morgan fingerprint density at radius 2 is 1.38 bits per heavy atom. The fraction of sp³-hybridized carbons (Fsp3) is 0.900. The van der Waals surface area contributed by atoms with Crippen molar-refractivity contribution in [1.82, 2.24) is 10.6 Å². The largest absolute Gasteiger partial charge is 0.394 e. The lowest BCUT2D eigenvalue weighted by atomic mass is 9.78. The summed E-state index contributed by atoms with van der Waals surface area (Å²) in [6.45, 7) is 8.12. The van der Waals surface area contributed by atoms with Crippen LogP contribution in [0.5, 0.6) is 0 Å². The first-order valence-electron chi connectivity index (χ1n) is 10.6. The quantitative estimate of drug-likeness (QED) is 0.216. The number of aliphatic hydroxyl groups is 5. The highest BCUT2D eigenvalue weighted by Crippen LogP contribution is 2.35. The standard InChI is InChI=1S/C20H36N2O8S2/c1-8(31)21-12-16(27)17(11(7-24)28-18(12)20(3,4)5)30-19-13(22-9(2)32)15(26)14(25)10(6-23)29-19/h10-19,23-27H,6-7H2,1-5H3,(H,21,31)(H,22,32). The minimum Gasteiger partial charge on any atom is -0.394 e. The number of hydrogen-bond acceptors (Lipinski definition) is 10. The van der Waals surface area contributed by atoms with Crippen LogP contribution in [0.2, 0.25) is 0 Å². The lowest BCUT2D eigenvalue weighted by Gasteiger charge is -2.51. The van der Waals surface area contributed by atoms with Crippen LogP contribution in [0.1, 0.15) is 34.6 Å². The molecule has 2 fully saturated rings. The molecule has 2 rings (SSSR count). The highest BCUT2D eigenvalue weighted by Gasteiger charge is 2.53. The van der Waals surface area contributed by atoms with Crippen LogP contribution in [-0.4, -0.2) is 110 Å². The number of nitrogens with one attached hydrogen (secondary N) is 2. The summed E-state index contributed by atoms with van der Waals surface area (Å²) in [5.74, 6) is 0. The Bertz CT molecular complexity index is 664. The Hall–Kier alpha value is -0.540. The van der Waals surface area contributed by atoms with Crippen LogP contribution < -0.4 is 10.6 Å². The predicted molar refractivity (Wildman–Crippen MR) is 124 cm³/mol. The first kappa shape index (κ1) is 27.7. The summed E-state index contributed by atoms with van der Waals surface area (Å²) >= 11 is 10.3. The Labute approximate surface area is 199 Å². The van der Waals surface area contributed by atoms with Gasteiger partial charge in [-0.2, -0.15) is 0 Å². The van der Waals surface area contributed by atoms with E-state index in [1.165, 1.54) is 0 Å². The van der Waals surface area contributed by atoms with Gasteiger partial charge < -0.3 is 50.4 Å². The van der Waals surface area contributed by atoms with Gasteiger partial charge in [0.15, 0.2) is 6.29 Å². The lowest BCUT2D eigenvalue weighted by molar-refractivity contribution is -0.317. The second kappa shape index (κ2) is 11.3. The molecule has 7 N–H and O–H groups in total. The first-order chi connectivity index (χ1) is 14.8. The number of aliphatic hydroxyl groups excluding tert-OH is 5. The van der Waals surface area contributed by atoms with Gasteiger partial charge in [0.05, 0.1) is 35.3 Å². The molecule has 0 bridgehead atoms. The van der Waals surface area contributed by atoms with Gasteiger partial charge in [-0.05, 0) is 19.3 Å². The topological polar surface area (TPSA) is 153 Å². The molecule has 0 saturated carbocycles. The first-order valence-corrected chi connectivity index (χ1v) is 11.4. The smallest absolute Gasteiger partial charge is 0.181 e. The summed E-state index contributed by atoms with van der Waals surface area (Å²) in [6, 6.07) is -1.64. The summed E-state index contributed by atoms with van der Waals surface area (Å²) in [5, 5.41) is 57.5. The SMILES string of the molecule is CC(=S)NC1C(OC2C(CO)OC(C(C)(C)C)C(NC(C)=S)C2O)OC(CO)C(O)C1O. The molecule has 186 valence electrons. The van der Waals surface area contributed by atoms with Gasteiger partial charge in [0, 0.05) is 0 Å². The monoisotopic (exact) mass is 496 g/mol. The number of hydrogen-bond donors (Lipinski definition) is 7. The lowest BCUT2D eigenvalue weighted by Crippen LogP contribution is -2.70. The molecule has 2 aliphatic heterocycles. The molecule has 0 aliphatic carbocycles. The maximum atomic E-state index is 11.3. The zero-order valence-corrected chi connectivity index (χ0v) is 20.6. The van der Waals surface area contributed by atoms with Gasteiger partial charge >= 0.3 is 0 Å². The zero-order chi connectivity index (χ0) is 24.4. The molecule has 10 unspecified atom stereocenters. The maximum Gasteiger partial charge on any atom is 0.181 e. The van der Waals surface area contributed by atoms with Crippen molar-refractivity contribution >= 4 is 34.4 Å². The molecular formula is C20H36N2O8S2. The van der Waals surface area contributed by atoms with E-state index < -0.39 is 79.7 Å². The van der Waals surface area contributed by atoms with Crippen LogP contribution in [0.15, 0.2) is 0 Å². The van der Waals surface area contributed by atoms with Gasteiger partial charge in [0.2, 0.25) is 0 Å². The molecule has 32 heavy (non-hydrogen) atoms. The van der Waals surface area contributed by atoms with E-state index in [2.05, 4.69) is 10.6 Å². The molecule has 12 heteroatoms. The molecule has 0 aromatic carbocycles. The molecule has 10 atom stereocenters. The molecule has 2 heterocycles. The third-order valence-electron chi connectivity index (χ3n) is 5.66. The van der Waals surface area contributed by atoms with Crippen LogP contribution in [0.3, 0.4) is 0 Å². The summed E-state index contributed by atoms with van der Waals surface area (Å²) in [5.41, 5.74) is -0.399. The van der Waals surface area contributed by atoms with Crippen LogP contribution in [0, 0.1) is 5.41 Å². The molecule has 0 radical (unpaired) electrons. The number of rotatable bonds is 6. The molecule has 2 saturated heterocycles. The average molecular weight is 497 g/mol. The van der Waals surface area contributed by atoms with Gasteiger partial charge in [-0.1, -0.05) is 45.2 Å². The van der Waals surface area contributed by atoms with Crippen LogP contribution >= 0.6 is 24.4 Å². The van der Waals surface area contributed by atoms with Crippen LogP contribution in [0.25, 0.3) is 0 Å². The van der Waals surface area contributed by atoms with Crippen molar-refractivity contribution in [2.75, 3.05) is 13.2 Å². The molecule has 10 nitrogen and oxygen atoms in total. The summed E-state index contributed by atoms with van der Waals surface area (Å²) in [4.78, 5) is 0.778. The van der Waals surface area contributed by atoms with Crippen molar-refractivity contribution in [3.05, 3.63) is 0 Å². The Kier molecular flexibility index (Phi) is 9.75. The average Bonchev–Trinajstić information content (AvgIpc) is 2.68. The van der Waals surface area contributed by atoms with E-state index in [9.17, 15) is 25.5 Å². The summed E-state index contributed by atoms with van der Waals surface area (Å²) in [6.07, 6.45) is -8.76. The van der Waals surface area contributed by atoms with Gasteiger partial charge in [-0.25, -0.2) is 0 Å². The maximum absolute atomic E-state index is 11.3. The van der Waals surface area contributed by atoms with Crippen molar-refractivity contribution in [2.24, 2.45) is 5.41 Å². The van der Waals surface area contributed by atoms with Crippen molar-refractivity contribution in [1.29, 1.82) is 0 Å². The number of ether oxygens (including phenoxy) is 3. The van der Waals surface area contributed by atoms with E-state index in [1.807, 2.05) is 20.8 Å². The molecule has 0 aromatic rings. The second-order valence-electron chi connectivity index (χ2n) is 9.39. The summed E-state index contributed by atoms with van der Waals surface area (Å²) in [7, 11) is 0. The van der Waals surface area contributed by atoms with E-state index in [-0.39, 0.29) is 0 Å². The fourth-order valence-corrected chi connectivity index (χ4v) is 4.42. The predicted octanol–water partition coefficient (Wildman–Crippen LogP) is -1.41. The summed E-state index contributed by atoms with van der Waals surface area (Å²) < 4.78 is 17.9. The van der Waals surface area contributed by atoms with Gasteiger partial charge in [-0.3, -0.25) is 0 Å². The van der Waals surface area contributed by atoms with Crippen LogP contribution in [-0.2, 0) is 14.2 Å².